The highest BCUT2D eigenvalue weighted by Gasteiger charge is 2.47. The van der Waals surface area contributed by atoms with Gasteiger partial charge in [0.25, 0.3) is 0 Å². The highest BCUT2D eigenvalue weighted by atomic mass is 32.2. The van der Waals surface area contributed by atoms with E-state index in [2.05, 4.69) is 0 Å². The molecule has 0 aliphatic carbocycles. The first-order valence-corrected chi connectivity index (χ1v) is 7.91. The maximum Gasteiger partial charge on any atom is 0.322 e. The Kier molecular flexibility index (Phi) is 4.43. The average molecular weight is 277 g/mol. The number of nitrogens with zero attached hydrogens (tertiary/aromatic N) is 1. The minimum atomic E-state index is -3.50. The number of sulfonamides is 1. The van der Waals surface area contributed by atoms with Crippen molar-refractivity contribution in [1.29, 1.82) is 0 Å². The van der Waals surface area contributed by atoms with Crippen LogP contribution in [0.2, 0.25) is 0 Å². The van der Waals surface area contributed by atoms with Gasteiger partial charge in [-0.05, 0) is 24.2 Å². The van der Waals surface area contributed by atoms with E-state index in [0.29, 0.717) is 13.0 Å². The van der Waals surface area contributed by atoms with Crippen LogP contribution < -0.4 is 0 Å². The molecule has 0 aromatic carbocycles. The summed E-state index contributed by atoms with van der Waals surface area (Å²) in [5.74, 6) is -1.05. The van der Waals surface area contributed by atoms with Crippen molar-refractivity contribution in [3.05, 3.63) is 0 Å². The first-order chi connectivity index (χ1) is 8.08. The van der Waals surface area contributed by atoms with Crippen molar-refractivity contribution in [3.8, 4) is 0 Å². The highest BCUT2D eigenvalue weighted by Crippen LogP contribution is 2.37. The lowest BCUT2D eigenvalue weighted by Crippen LogP contribution is -2.56. The number of aliphatic carboxylic acids is 1. The fourth-order valence-electron chi connectivity index (χ4n) is 2.62. The molecule has 0 aromatic rings. The number of carboxylic acids is 1. The van der Waals surface area contributed by atoms with Crippen LogP contribution in [0.5, 0.6) is 0 Å². The minimum Gasteiger partial charge on any atom is -0.480 e. The number of hydrogen-bond donors (Lipinski definition) is 1. The number of hydrogen-bond acceptors (Lipinski definition) is 3. The zero-order valence-corrected chi connectivity index (χ0v) is 12.3. The van der Waals surface area contributed by atoms with Crippen LogP contribution in [0.1, 0.15) is 40.5 Å². The second kappa shape index (κ2) is 5.17. The Labute approximate surface area is 109 Å². The second-order valence-corrected chi connectivity index (χ2v) is 8.08. The molecule has 1 unspecified atom stereocenters. The Bertz CT molecular complexity index is 414. The van der Waals surface area contributed by atoms with Crippen molar-refractivity contribution >= 4 is 16.0 Å². The molecule has 0 amide bonds. The van der Waals surface area contributed by atoms with Gasteiger partial charge in [0, 0.05) is 6.54 Å². The summed E-state index contributed by atoms with van der Waals surface area (Å²) in [4.78, 5) is 11.4. The Balaban J connectivity index is 3.09. The number of piperidine rings is 1. The molecule has 1 rings (SSSR count). The third-order valence-corrected chi connectivity index (χ3v) is 5.56. The molecule has 18 heavy (non-hydrogen) atoms. The first-order valence-electron chi connectivity index (χ1n) is 6.30. The third kappa shape index (κ3) is 3.23. The SMILES string of the molecule is CC(C)CS(=O)(=O)N1CCCC(C)(C)C1C(=O)O. The van der Waals surface area contributed by atoms with Crippen molar-refractivity contribution in [1.82, 2.24) is 4.31 Å². The molecule has 5 nitrogen and oxygen atoms in total. The minimum absolute atomic E-state index is 0.00511. The maximum atomic E-state index is 12.3. The molecule has 6 heteroatoms. The lowest BCUT2D eigenvalue weighted by atomic mass is 9.77. The second-order valence-electron chi connectivity index (χ2n) is 6.12. The van der Waals surface area contributed by atoms with Crippen LogP contribution in [0, 0.1) is 11.3 Å². The van der Waals surface area contributed by atoms with Crippen LogP contribution in [-0.2, 0) is 14.8 Å². The molecular weight excluding hydrogens is 254 g/mol. The van der Waals surface area contributed by atoms with Gasteiger partial charge >= 0.3 is 5.97 Å². The van der Waals surface area contributed by atoms with Crippen LogP contribution in [-0.4, -0.2) is 42.1 Å². The molecule has 1 fully saturated rings. The van der Waals surface area contributed by atoms with Gasteiger partial charge in [0.2, 0.25) is 10.0 Å². The van der Waals surface area contributed by atoms with Crippen LogP contribution in [0.3, 0.4) is 0 Å². The van der Waals surface area contributed by atoms with Crippen LogP contribution in [0.4, 0.5) is 0 Å². The summed E-state index contributed by atoms with van der Waals surface area (Å²) in [6, 6.07) is -0.949. The Morgan fingerprint density at radius 1 is 1.44 bits per heavy atom. The van der Waals surface area contributed by atoms with E-state index in [9.17, 15) is 18.3 Å². The summed E-state index contributed by atoms with van der Waals surface area (Å²) in [5, 5.41) is 9.34. The number of carbonyl (C=O) groups is 1. The van der Waals surface area contributed by atoms with E-state index < -0.39 is 27.4 Å². The number of carboxylic acid groups (broad SMARTS) is 1. The van der Waals surface area contributed by atoms with Crippen molar-refractivity contribution < 1.29 is 18.3 Å². The molecule has 0 saturated carbocycles. The van der Waals surface area contributed by atoms with Gasteiger partial charge in [-0.2, -0.15) is 4.31 Å². The predicted molar refractivity (Wildman–Crippen MR) is 69.8 cm³/mol. The van der Waals surface area contributed by atoms with E-state index in [1.165, 1.54) is 4.31 Å². The first kappa shape index (κ1) is 15.4. The normalized spacial score (nSPS) is 25.3. The van der Waals surface area contributed by atoms with E-state index in [1.54, 1.807) is 0 Å². The van der Waals surface area contributed by atoms with Gasteiger partial charge < -0.3 is 5.11 Å². The van der Waals surface area contributed by atoms with Crippen LogP contribution in [0.25, 0.3) is 0 Å². The highest BCUT2D eigenvalue weighted by molar-refractivity contribution is 7.89. The molecule has 1 saturated heterocycles. The monoisotopic (exact) mass is 277 g/mol. The summed E-state index contributed by atoms with van der Waals surface area (Å²) >= 11 is 0. The van der Waals surface area contributed by atoms with E-state index in [4.69, 9.17) is 0 Å². The van der Waals surface area contributed by atoms with Crippen molar-refractivity contribution in [2.75, 3.05) is 12.3 Å². The quantitative estimate of drug-likeness (QED) is 0.846. The molecule has 1 aliphatic heterocycles. The molecule has 1 aliphatic rings. The van der Waals surface area contributed by atoms with Gasteiger partial charge in [-0.3, -0.25) is 4.79 Å². The zero-order valence-electron chi connectivity index (χ0n) is 11.5. The number of rotatable bonds is 4. The summed E-state index contributed by atoms with van der Waals surface area (Å²) in [7, 11) is -3.50. The molecule has 106 valence electrons. The Morgan fingerprint density at radius 2 is 2.00 bits per heavy atom. The summed E-state index contributed by atoms with van der Waals surface area (Å²) in [6.07, 6.45) is 1.45. The van der Waals surface area contributed by atoms with Crippen molar-refractivity contribution in [2.24, 2.45) is 11.3 Å². The van der Waals surface area contributed by atoms with E-state index in [1.807, 2.05) is 27.7 Å². The van der Waals surface area contributed by atoms with Gasteiger partial charge in [0.1, 0.15) is 6.04 Å². The molecule has 0 radical (unpaired) electrons. The average Bonchev–Trinajstić information content (AvgIpc) is 2.12. The van der Waals surface area contributed by atoms with Gasteiger partial charge in [0.15, 0.2) is 0 Å². The third-order valence-electron chi connectivity index (χ3n) is 3.36. The molecule has 0 bridgehead atoms. The molecule has 1 heterocycles. The topological polar surface area (TPSA) is 74.7 Å². The van der Waals surface area contributed by atoms with Crippen molar-refractivity contribution in [2.45, 2.75) is 46.6 Å². The summed E-state index contributed by atoms with van der Waals surface area (Å²) < 4.78 is 25.7. The van der Waals surface area contributed by atoms with Gasteiger partial charge in [-0.15, -0.1) is 0 Å². The summed E-state index contributed by atoms with van der Waals surface area (Å²) in [5.41, 5.74) is -0.520. The van der Waals surface area contributed by atoms with E-state index in [-0.39, 0.29) is 11.7 Å². The molecular formula is C12H23NO4S. The lowest BCUT2D eigenvalue weighted by molar-refractivity contribution is -0.147. The maximum absolute atomic E-state index is 12.3. The van der Waals surface area contributed by atoms with Crippen LogP contribution in [0.15, 0.2) is 0 Å². The molecule has 0 aromatic heterocycles. The zero-order chi connectivity index (χ0) is 14.1. The standard InChI is InChI=1S/C12H23NO4S/c1-9(2)8-18(16,17)13-7-5-6-12(3,4)10(13)11(14)15/h9-10H,5-8H2,1-4H3,(H,14,15). The van der Waals surface area contributed by atoms with E-state index in [0.717, 1.165) is 6.42 Å². The smallest absolute Gasteiger partial charge is 0.322 e. The van der Waals surface area contributed by atoms with Gasteiger partial charge in [-0.25, -0.2) is 8.42 Å². The molecule has 0 spiro atoms. The largest absolute Gasteiger partial charge is 0.480 e. The predicted octanol–water partition coefficient (Wildman–Crippen LogP) is 1.55. The van der Waals surface area contributed by atoms with Gasteiger partial charge in [-0.1, -0.05) is 27.7 Å². The molecule has 1 N–H and O–H groups in total. The Morgan fingerprint density at radius 3 is 2.44 bits per heavy atom. The Hall–Kier alpha value is -0.620. The van der Waals surface area contributed by atoms with Crippen LogP contribution >= 0.6 is 0 Å². The fourth-order valence-corrected chi connectivity index (χ4v) is 4.76. The van der Waals surface area contributed by atoms with Crippen molar-refractivity contribution in [3.63, 3.8) is 0 Å². The molecule has 1 atom stereocenters. The van der Waals surface area contributed by atoms with E-state index >= 15 is 0 Å². The summed E-state index contributed by atoms with van der Waals surface area (Å²) in [6.45, 7) is 7.60. The fraction of sp³-hybridized carbons (Fsp3) is 0.917. The lowest BCUT2D eigenvalue weighted by Gasteiger charge is -2.43. The van der Waals surface area contributed by atoms with Gasteiger partial charge in [0.05, 0.1) is 5.75 Å².